The minimum Gasteiger partial charge on any atom is -0.455 e. The summed E-state index contributed by atoms with van der Waals surface area (Å²) in [4.78, 5) is 0. The molecular weight excluding hydrogens is 234 g/mol. The molecule has 0 saturated heterocycles. The number of anilines is 1. The lowest BCUT2D eigenvalue weighted by atomic mass is 10.2. The zero-order valence-electron chi connectivity index (χ0n) is 9.83. The van der Waals surface area contributed by atoms with Gasteiger partial charge in [-0.1, -0.05) is 23.7 Å². The average molecular weight is 248 g/mol. The monoisotopic (exact) mass is 247 g/mol. The van der Waals surface area contributed by atoms with Gasteiger partial charge >= 0.3 is 0 Å². The highest BCUT2D eigenvalue weighted by Crippen LogP contribution is 2.32. The van der Waals surface area contributed by atoms with Crippen molar-refractivity contribution in [2.75, 3.05) is 5.73 Å². The van der Waals surface area contributed by atoms with Gasteiger partial charge in [0.05, 0.1) is 5.69 Å². The molecule has 0 aromatic heterocycles. The second-order valence-electron chi connectivity index (χ2n) is 4.00. The number of halogens is 1. The van der Waals surface area contributed by atoms with Gasteiger partial charge in [0.1, 0.15) is 5.75 Å². The van der Waals surface area contributed by atoms with Crippen molar-refractivity contribution in [2.45, 2.75) is 13.8 Å². The lowest BCUT2D eigenvalue weighted by Crippen LogP contribution is -1.95. The number of hydrogen-bond acceptors (Lipinski definition) is 2. The van der Waals surface area contributed by atoms with Crippen LogP contribution in [0.25, 0.3) is 0 Å². The first kappa shape index (κ1) is 11.8. The lowest BCUT2D eigenvalue weighted by Gasteiger charge is -2.12. The van der Waals surface area contributed by atoms with Crippen LogP contribution in [0.1, 0.15) is 11.1 Å². The molecule has 0 heterocycles. The summed E-state index contributed by atoms with van der Waals surface area (Å²) in [5, 5.41) is 0.701. The Kier molecular flexibility index (Phi) is 3.25. The van der Waals surface area contributed by atoms with Crippen molar-refractivity contribution in [3.8, 4) is 11.5 Å². The fourth-order valence-electron chi connectivity index (χ4n) is 1.59. The zero-order valence-corrected chi connectivity index (χ0v) is 10.6. The molecule has 0 aliphatic rings. The first-order chi connectivity index (χ1) is 8.08. The van der Waals surface area contributed by atoms with Gasteiger partial charge in [0.2, 0.25) is 0 Å². The van der Waals surface area contributed by atoms with E-state index >= 15 is 0 Å². The second-order valence-corrected chi connectivity index (χ2v) is 4.44. The summed E-state index contributed by atoms with van der Waals surface area (Å²) >= 11 is 5.90. The molecule has 0 aliphatic carbocycles. The highest BCUT2D eigenvalue weighted by atomic mass is 35.5. The molecule has 17 heavy (non-hydrogen) atoms. The Bertz CT molecular complexity index is 552. The lowest BCUT2D eigenvalue weighted by molar-refractivity contribution is 0.481. The third kappa shape index (κ3) is 2.53. The van der Waals surface area contributed by atoms with Gasteiger partial charge in [-0.05, 0) is 49.2 Å². The summed E-state index contributed by atoms with van der Waals surface area (Å²) in [6.07, 6.45) is 0. The van der Waals surface area contributed by atoms with Crippen LogP contribution >= 0.6 is 11.6 Å². The van der Waals surface area contributed by atoms with E-state index in [2.05, 4.69) is 0 Å². The normalized spacial score (nSPS) is 10.3. The third-order valence-corrected chi connectivity index (χ3v) is 2.88. The maximum atomic E-state index is 5.96. The van der Waals surface area contributed by atoms with Gasteiger partial charge in [-0.25, -0.2) is 0 Å². The van der Waals surface area contributed by atoms with Crippen molar-refractivity contribution >= 4 is 17.3 Å². The van der Waals surface area contributed by atoms with Gasteiger partial charge < -0.3 is 10.5 Å². The number of para-hydroxylation sites is 1. The van der Waals surface area contributed by atoms with Crippen LogP contribution in [0.4, 0.5) is 5.69 Å². The average Bonchev–Trinajstić information content (AvgIpc) is 2.28. The number of aryl methyl sites for hydroxylation is 2. The van der Waals surface area contributed by atoms with Crippen molar-refractivity contribution in [3.05, 3.63) is 52.5 Å². The molecule has 88 valence electrons. The Morgan fingerprint density at radius 2 is 1.76 bits per heavy atom. The van der Waals surface area contributed by atoms with Gasteiger partial charge in [0, 0.05) is 5.02 Å². The number of nitrogens with two attached hydrogens (primary N) is 1. The molecule has 0 spiro atoms. The molecule has 2 nitrogen and oxygen atoms in total. The molecular formula is C14H14ClNO. The maximum Gasteiger partial charge on any atom is 0.150 e. The van der Waals surface area contributed by atoms with Gasteiger partial charge in [-0.15, -0.1) is 0 Å². The Hall–Kier alpha value is -1.67. The first-order valence-corrected chi connectivity index (χ1v) is 5.75. The molecule has 0 saturated carbocycles. The minimum absolute atomic E-state index is 0.668. The number of benzene rings is 2. The van der Waals surface area contributed by atoms with Crippen LogP contribution in [0.2, 0.25) is 5.02 Å². The van der Waals surface area contributed by atoms with Gasteiger partial charge in [-0.3, -0.25) is 0 Å². The predicted octanol–water partition coefficient (Wildman–Crippen LogP) is 4.33. The van der Waals surface area contributed by atoms with Crippen molar-refractivity contribution in [1.82, 2.24) is 0 Å². The molecule has 0 amide bonds. The summed E-state index contributed by atoms with van der Waals surface area (Å²) in [6.45, 7) is 3.91. The minimum atomic E-state index is 0.668. The Morgan fingerprint density at radius 1 is 1.00 bits per heavy atom. The van der Waals surface area contributed by atoms with E-state index in [-0.39, 0.29) is 0 Å². The van der Waals surface area contributed by atoms with Crippen LogP contribution < -0.4 is 10.5 Å². The number of hydrogen-bond donors (Lipinski definition) is 1. The van der Waals surface area contributed by atoms with Crippen molar-refractivity contribution in [1.29, 1.82) is 0 Å². The fraction of sp³-hybridized carbons (Fsp3) is 0.143. The first-order valence-electron chi connectivity index (χ1n) is 5.37. The van der Waals surface area contributed by atoms with Crippen LogP contribution in [0.3, 0.4) is 0 Å². The second kappa shape index (κ2) is 4.68. The summed E-state index contributed by atoms with van der Waals surface area (Å²) in [7, 11) is 0. The fourth-order valence-corrected chi connectivity index (χ4v) is 1.82. The van der Waals surface area contributed by atoms with Crippen LogP contribution in [0.5, 0.6) is 11.5 Å². The molecule has 2 aromatic carbocycles. The van der Waals surface area contributed by atoms with Gasteiger partial charge in [0.25, 0.3) is 0 Å². The van der Waals surface area contributed by atoms with E-state index in [1.165, 1.54) is 0 Å². The third-order valence-electron chi connectivity index (χ3n) is 2.64. The van der Waals surface area contributed by atoms with Crippen molar-refractivity contribution in [2.24, 2.45) is 0 Å². The zero-order chi connectivity index (χ0) is 12.4. The topological polar surface area (TPSA) is 35.2 Å². The van der Waals surface area contributed by atoms with Crippen LogP contribution in [-0.4, -0.2) is 0 Å². The Morgan fingerprint density at radius 3 is 2.47 bits per heavy atom. The highest BCUT2D eigenvalue weighted by Gasteiger charge is 2.06. The molecule has 2 rings (SSSR count). The van der Waals surface area contributed by atoms with E-state index in [1.807, 2.05) is 44.2 Å². The molecule has 3 heteroatoms. The molecule has 2 aromatic rings. The summed E-state index contributed by atoms with van der Waals surface area (Å²) in [5.41, 5.74) is 8.62. The summed E-state index contributed by atoms with van der Waals surface area (Å²) < 4.78 is 5.79. The van der Waals surface area contributed by atoms with E-state index in [4.69, 9.17) is 22.1 Å². The molecule has 0 unspecified atom stereocenters. The number of ether oxygens (including phenoxy) is 1. The van der Waals surface area contributed by atoms with E-state index in [0.717, 1.165) is 16.9 Å². The smallest absolute Gasteiger partial charge is 0.150 e. The molecule has 0 fully saturated rings. The van der Waals surface area contributed by atoms with Crippen molar-refractivity contribution < 1.29 is 4.74 Å². The molecule has 0 radical (unpaired) electrons. The largest absolute Gasteiger partial charge is 0.455 e. The van der Waals surface area contributed by atoms with E-state index in [9.17, 15) is 0 Å². The Balaban J connectivity index is 2.35. The van der Waals surface area contributed by atoms with Crippen LogP contribution in [-0.2, 0) is 0 Å². The van der Waals surface area contributed by atoms with Gasteiger partial charge in [0.15, 0.2) is 5.75 Å². The maximum absolute atomic E-state index is 5.96. The van der Waals surface area contributed by atoms with E-state index in [0.29, 0.717) is 16.5 Å². The van der Waals surface area contributed by atoms with Gasteiger partial charge in [-0.2, -0.15) is 0 Å². The number of rotatable bonds is 2. The molecule has 0 bridgehead atoms. The number of nitrogen functional groups attached to an aromatic ring is 1. The van der Waals surface area contributed by atoms with Crippen LogP contribution in [0, 0.1) is 13.8 Å². The van der Waals surface area contributed by atoms with Crippen LogP contribution in [0.15, 0.2) is 36.4 Å². The summed E-state index contributed by atoms with van der Waals surface area (Å²) in [6, 6.07) is 11.2. The molecule has 0 aliphatic heterocycles. The van der Waals surface area contributed by atoms with E-state index < -0.39 is 0 Å². The highest BCUT2D eigenvalue weighted by molar-refractivity contribution is 6.30. The van der Waals surface area contributed by atoms with Crippen molar-refractivity contribution in [3.63, 3.8) is 0 Å². The standard InChI is InChI=1S/C14H14ClNO/c1-9-4-3-5-13(14(9)16)17-12-7-6-11(15)8-10(12)2/h3-8H,16H2,1-2H3. The SMILES string of the molecule is Cc1cc(Cl)ccc1Oc1cccc(C)c1N. The van der Waals surface area contributed by atoms with E-state index in [1.54, 1.807) is 6.07 Å². The predicted molar refractivity (Wildman–Crippen MR) is 71.9 cm³/mol. The molecule has 0 atom stereocenters. The summed E-state index contributed by atoms with van der Waals surface area (Å²) in [5.74, 6) is 1.45. The molecule has 2 N–H and O–H groups in total. The Labute approximate surface area is 106 Å². The quantitative estimate of drug-likeness (QED) is 0.802.